The number of urea groups is 1. The molecule has 1 aliphatic rings. The third kappa shape index (κ3) is 5.73. The Kier molecular flexibility index (Phi) is 7.55. The van der Waals surface area contributed by atoms with E-state index in [4.69, 9.17) is 4.98 Å². The maximum atomic E-state index is 14.3. The Bertz CT molecular complexity index is 1640. The number of pyridine rings is 1. The Balaban J connectivity index is 1.49. The molecule has 2 aromatic carbocycles. The monoisotopic (exact) mass is 573 g/mol. The smallest absolute Gasteiger partial charge is 0.319 e. The Morgan fingerprint density at radius 2 is 1.64 bits per heavy atom. The Morgan fingerprint density at radius 3 is 2.29 bits per heavy atom. The van der Waals surface area contributed by atoms with Gasteiger partial charge in [-0.3, -0.25) is 0 Å². The maximum absolute atomic E-state index is 14.3. The van der Waals surface area contributed by atoms with E-state index in [0.29, 0.717) is 33.8 Å². The van der Waals surface area contributed by atoms with Crippen molar-refractivity contribution in [3.8, 4) is 22.5 Å². The quantitative estimate of drug-likeness (QED) is 0.235. The molecule has 0 spiro atoms. The van der Waals surface area contributed by atoms with Crippen LogP contribution < -0.4 is 10.6 Å². The number of amides is 2. The van der Waals surface area contributed by atoms with Crippen LogP contribution in [0.1, 0.15) is 62.7 Å². The molecule has 2 amide bonds. The minimum Gasteiger partial charge on any atom is -0.391 e. The zero-order valence-corrected chi connectivity index (χ0v) is 24.0. The van der Waals surface area contributed by atoms with Gasteiger partial charge in [-0.2, -0.15) is 0 Å². The van der Waals surface area contributed by atoms with E-state index in [2.05, 4.69) is 20.6 Å². The molecule has 218 valence electrons. The van der Waals surface area contributed by atoms with Gasteiger partial charge in [0.25, 0.3) is 0 Å². The molecular weight excluding hydrogens is 540 g/mol. The summed E-state index contributed by atoms with van der Waals surface area (Å²) in [7, 11) is 0. The van der Waals surface area contributed by atoms with E-state index in [1.165, 1.54) is 0 Å². The number of aliphatic hydroxyl groups is 2. The molecular formula is C32H33F2N5O3. The summed E-state index contributed by atoms with van der Waals surface area (Å²) in [4.78, 5) is 26.8. The Morgan fingerprint density at radius 1 is 1.00 bits per heavy atom. The number of nitrogens with zero attached hydrogens (tertiary/aromatic N) is 3. The molecule has 0 saturated carbocycles. The predicted octanol–water partition coefficient (Wildman–Crippen LogP) is 5.92. The second-order valence-electron chi connectivity index (χ2n) is 11.9. The number of nitrogens with one attached hydrogen (secondary N) is 2. The van der Waals surface area contributed by atoms with Crippen molar-refractivity contribution in [3.05, 3.63) is 95.1 Å². The van der Waals surface area contributed by atoms with E-state index in [1.807, 2.05) is 51.1 Å². The van der Waals surface area contributed by atoms with Crippen molar-refractivity contribution in [1.29, 1.82) is 0 Å². The van der Waals surface area contributed by atoms with Crippen LogP contribution in [0.4, 0.5) is 19.3 Å². The van der Waals surface area contributed by atoms with E-state index in [-0.39, 0.29) is 12.2 Å². The third-order valence-electron chi connectivity index (χ3n) is 7.53. The summed E-state index contributed by atoms with van der Waals surface area (Å²) >= 11 is 0. The van der Waals surface area contributed by atoms with Crippen molar-refractivity contribution in [2.45, 2.75) is 64.2 Å². The van der Waals surface area contributed by atoms with Gasteiger partial charge in [0.05, 0.1) is 29.2 Å². The summed E-state index contributed by atoms with van der Waals surface area (Å²) in [6.45, 7) is 8.73. The normalized spacial score (nSPS) is 17.8. The van der Waals surface area contributed by atoms with E-state index < -0.39 is 40.8 Å². The van der Waals surface area contributed by atoms with Crippen molar-refractivity contribution in [3.63, 3.8) is 0 Å². The van der Waals surface area contributed by atoms with E-state index >= 15 is 0 Å². The first-order valence-corrected chi connectivity index (χ1v) is 13.6. The van der Waals surface area contributed by atoms with Gasteiger partial charge in [0, 0.05) is 23.5 Å². The van der Waals surface area contributed by atoms with Crippen molar-refractivity contribution in [2.24, 2.45) is 0 Å². The number of benzene rings is 2. The number of carbonyl (C=O) groups is 1. The van der Waals surface area contributed by atoms with Crippen LogP contribution in [0.15, 0.2) is 60.9 Å². The van der Waals surface area contributed by atoms with Gasteiger partial charge in [-0.25, -0.2) is 28.5 Å². The van der Waals surface area contributed by atoms with Crippen LogP contribution in [-0.4, -0.2) is 37.3 Å². The molecule has 0 fully saturated rings. The number of aryl methyl sites for hydroxylation is 1. The average Bonchev–Trinajstić information content (AvgIpc) is 2.92. The fourth-order valence-corrected chi connectivity index (χ4v) is 5.42. The molecule has 0 aliphatic heterocycles. The van der Waals surface area contributed by atoms with Crippen LogP contribution in [0, 0.1) is 18.6 Å². The average molecular weight is 574 g/mol. The van der Waals surface area contributed by atoms with E-state index in [9.17, 15) is 23.8 Å². The molecule has 4 N–H and O–H groups in total. The molecule has 1 unspecified atom stereocenters. The van der Waals surface area contributed by atoms with E-state index in [0.717, 1.165) is 23.3 Å². The lowest BCUT2D eigenvalue weighted by molar-refractivity contribution is 0.0687. The first-order valence-electron chi connectivity index (χ1n) is 13.6. The molecule has 10 heteroatoms. The predicted molar refractivity (Wildman–Crippen MR) is 156 cm³/mol. The molecule has 0 bridgehead atoms. The molecule has 8 nitrogen and oxygen atoms in total. The highest BCUT2D eigenvalue weighted by Gasteiger charge is 2.40. The fraction of sp³-hybridized carbons (Fsp3) is 0.312. The van der Waals surface area contributed by atoms with Gasteiger partial charge in [0.1, 0.15) is 5.60 Å². The third-order valence-corrected chi connectivity index (χ3v) is 7.53. The molecule has 0 saturated heterocycles. The van der Waals surface area contributed by atoms with Crippen LogP contribution in [0.2, 0.25) is 0 Å². The lowest BCUT2D eigenvalue weighted by Gasteiger charge is -2.40. The summed E-state index contributed by atoms with van der Waals surface area (Å²) in [5, 5.41) is 26.8. The summed E-state index contributed by atoms with van der Waals surface area (Å²) in [5.74, 6) is -1.75. The number of aliphatic hydroxyl groups excluding tert-OH is 1. The van der Waals surface area contributed by atoms with Crippen LogP contribution >= 0.6 is 0 Å². The van der Waals surface area contributed by atoms with Gasteiger partial charge in [-0.15, -0.1) is 0 Å². The molecule has 42 heavy (non-hydrogen) atoms. The first kappa shape index (κ1) is 29.2. The van der Waals surface area contributed by atoms with Gasteiger partial charge < -0.3 is 20.8 Å². The molecule has 2 aromatic heterocycles. The molecule has 0 radical (unpaired) electrons. The maximum Gasteiger partial charge on any atom is 0.319 e. The molecule has 2 atom stereocenters. The topological polar surface area (TPSA) is 120 Å². The summed E-state index contributed by atoms with van der Waals surface area (Å²) in [6, 6.07) is 11.7. The van der Waals surface area contributed by atoms with Crippen molar-refractivity contribution in [1.82, 2.24) is 20.3 Å². The SMILES string of the molecule is Cc1cc(NC(=O)NC2c3cc(F)c(F)cc3C(C)(C)C[C@H]2O)c(-c2ccccc2)nc1-c1cnc(C(C)(C)O)nc1. The fourth-order valence-electron chi connectivity index (χ4n) is 5.42. The largest absolute Gasteiger partial charge is 0.391 e. The lowest BCUT2D eigenvalue weighted by atomic mass is 9.69. The van der Waals surface area contributed by atoms with Gasteiger partial charge in [-0.05, 0) is 67.5 Å². The molecule has 5 rings (SSSR count). The summed E-state index contributed by atoms with van der Waals surface area (Å²) in [6.07, 6.45) is 2.41. The number of aromatic nitrogens is 3. The minimum atomic E-state index is -1.19. The highest BCUT2D eigenvalue weighted by Crippen LogP contribution is 2.42. The van der Waals surface area contributed by atoms with Crippen LogP contribution in [0.5, 0.6) is 0 Å². The van der Waals surface area contributed by atoms with Crippen LogP contribution in [0.3, 0.4) is 0 Å². The minimum absolute atomic E-state index is 0.245. The molecule has 4 aromatic rings. The highest BCUT2D eigenvalue weighted by molar-refractivity contribution is 5.94. The Labute approximate surface area is 242 Å². The first-order chi connectivity index (χ1) is 19.7. The number of fused-ring (bicyclic) bond motifs is 1. The Hall–Kier alpha value is -4.28. The van der Waals surface area contributed by atoms with Gasteiger partial charge in [0.2, 0.25) is 0 Å². The zero-order chi connectivity index (χ0) is 30.4. The number of carbonyl (C=O) groups excluding carboxylic acids is 1. The second-order valence-corrected chi connectivity index (χ2v) is 11.9. The van der Waals surface area contributed by atoms with Gasteiger partial charge >= 0.3 is 6.03 Å². The van der Waals surface area contributed by atoms with Gasteiger partial charge in [-0.1, -0.05) is 44.2 Å². The highest BCUT2D eigenvalue weighted by atomic mass is 19.2. The molecule has 2 heterocycles. The van der Waals surface area contributed by atoms with Crippen molar-refractivity contribution >= 4 is 11.7 Å². The van der Waals surface area contributed by atoms with Crippen LogP contribution in [-0.2, 0) is 11.0 Å². The number of hydrogen-bond acceptors (Lipinski definition) is 6. The molecule has 1 aliphatic carbocycles. The van der Waals surface area contributed by atoms with Gasteiger partial charge in [0.15, 0.2) is 17.5 Å². The summed E-state index contributed by atoms with van der Waals surface area (Å²) in [5.41, 5.74) is 2.63. The number of anilines is 1. The van der Waals surface area contributed by atoms with Crippen molar-refractivity contribution in [2.75, 3.05) is 5.32 Å². The standard InChI is InChI=1S/C32H33F2N5O3/c1-17-11-24(37-30(41)39-28-20-12-22(33)23(34)13-21(20)31(2,3)14-25(28)40)27(18-9-7-6-8-10-18)38-26(17)19-15-35-29(36-16-19)32(4,5)42/h6-13,15-16,25,28,40,42H,14H2,1-5H3,(H2,37,39,41)/t25-,28?/m1/s1. The van der Waals surface area contributed by atoms with Crippen molar-refractivity contribution < 1.29 is 23.8 Å². The van der Waals surface area contributed by atoms with Crippen LogP contribution in [0.25, 0.3) is 22.5 Å². The second kappa shape index (κ2) is 10.8. The zero-order valence-electron chi connectivity index (χ0n) is 24.0. The summed E-state index contributed by atoms with van der Waals surface area (Å²) < 4.78 is 28.4. The van der Waals surface area contributed by atoms with E-state index in [1.54, 1.807) is 32.3 Å². The number of halogens is 2. The lowest BCUT2D eigenvalue weighted by Crippen LogP contribution is -2.45. The number of hydrogen-bond donors (Lipinski definition) is 4. The number of rotatable bonds is 5.